The van der Waals surface area contributed by atoms with Crippen molar-refractivity contribution in [1.29, 1.82) is 0 Å². The van der Waals surface area contributed by atoms with Crippen molar-refractivity contribution in [3.8, 4) is 0 Å². The van der Waals surface area contributed by atoms with Crippen molar-refractivity contribution < 1.29 is 4.79 Å². The molecule has 0 unspecified atom stereocenters. The number of carbonyl (C=O) groups excluding carboxylic acids is 1. The zero-order chi connectivity index (χ0) is 18.6. The first-order valence-electron chi connectivity index (χ1n) is 9.91. The number of nitrogens with zero attached hydrogens (tertiary/aromatic N) is 3. The van der Waals surface area contributed by atoms with Crippen molar-refractivity contribution in [1.82, 2.24) is 20.6 Å². The van der Waals surface area contributed by atoms with Gasteiger partial charge < -0.3 is 15.5 Å². The third-order valence-corrected chi connectivity index (χ3v) is 5.88. The summed E-state index contributed by atoms with van der Waals surface area (Å²) >= 11 is 6.07. The molecule has 0 spiro atoms. The van der Waals surface area contributed by atoms with Crippen LogP contribution in [-0.4, -0.2) is 41.2 Å². The lowest BCUT2D eigenvalue weighted by Gasteiger charge is -2.34. The number of hydrogen-bond acceptors (Lipinski definition) is 4. The number of fused-ring (bicyclic) bond motifs is 1. The number of aromatic nitrogens is 2. The molecule has 144 valence electrons. The Balaban J connectivity index is 1.33. The number of urea groups is 1. The molecule has 2 aromatic rings. The summed E-state index contributed by atoms with van der Waals surface area (Å²) in [7, 11) is 0. The van der Waals surface area contributed by atoms with Crippen LogP contribution in [-0.2, 0) is 0 Å². The predicted octanol–water partition coefficient (Wildman–Crippen LogP) is 3.88. The minimum atomic E-state index is -0.0116. The van der Waals surface area contributed by atoms with Gasteiger partial charge in [0.1, 0.15) is 12.1 Å². The molecule has 2 amide bonds. The van der Waals surface area contributed by atoms with Crippen LogP contribution >= 0.6 is 11.6 Å². The molecule has 1 saturated carbocycles. The standard InChI is InChI=1S/C20H26ClN5O/c21-14-6-7-17-18(12-14)22-13-23-19(17)26-10-8-16(9-11-26)25-20(27)24-15-4-2-1-3-5-15/h6-7,12-13,15-16H,1-5,8-11H2,(H2,24,25,27). The summed E-state index contributed by atoms with van der Waals surface area (Å²) in [6.07, 6.45) is 9.38. The first-order valence-corrected chi connectivity index (χ1v) is 10.3. The summed E-state index contributed by atoms with van der Waals surface area (Å²) in [4.78, 5) is 23.4. The number of hydrogen-bond donors (Lipinski definition) is 2. The molecule has 1 saturated heterocycles. The van der Waals surface area contributed by atoms with Gasteiger partial charge in [0.25, 0.3) is 0 Å². The number of carbonyl (C=O) groups is 1. The zero-order valence-electron chi connectivity index (χ0n) is 15.5. The Hall–Kier alpha value is -2.08. The number of piperidine rings is 1. The highest BCUT2D eigenvalue weighted by molar-refractivity contribution is 6.31. The van der Waals surface area contributed by atoms with Crippen LogP contribution in [0.15, 0.2) is 24.5 Å². The molecule has 2 aliphatic rings. The predicted molar refractivity (Wildman–Crippen MR) is 108 cm³/mol. The molecule has 1 aliphatic carbocycles. The topological polar surface area (TPSA) is 70.2 Å². The van der Waals surface area contributed by atoms with E-state index in [4.69, 9.17) is 11.6 Å². The van der Waals surface area contributed by atoms with E-state index in [1.165, 1.54) is 19.3 Å². The zero-order valence-corrected chi connectivity index (χ0v) is 16.2. The third kappa shape index (κ3) is 4.43. The van der Waals surface area contributed by atoms with E-state index >= 15 is 0 Å². The first kappa shape index (κ1) is 18.3. The molecule has 1 aromatic carbocycles. The highest BCUT2D eigenvalue weighted by Gasteiger charge is 2.24. The average molecular weight is 388 g/mol. The molecule has 0 radical (unpaired) electrons. The van der Waals surface area contributed by atoms with Gasteiger partial charge in [-0.25, -0.2) is 14.8 Å². The molecule has 6 nitrogen and oxygen atoms in total. The summed E-state index contributed by atoms with van der Waals surface area (Å²) in [6, 6.07) is 6.27. The van der Waals surface area contributed by atoms with E-state index in [2.05, 4.69) is 25.5 Å². The second-order valence-electron chi connectivity index (χ2n) is 7.57. The van der Waals surface area contributed by atoms with Crippen LogP contribution in [0.5, 0.6) is 0 Å². The van der Waals surface area contributed by atoms with Gasteiger partial charge in [-0.3, -0.25) is 0 Å². The molecule has 7 heteroatoms. The lowest BCUT2D eigenvalue weighted by molar-refractivity contribution is 0.226. The Kier molecular flexibility index (Phi) is 5.62. The molecule has 2 fully saturated rings. The van der Waals surface area contributed by atoms with Crippen LogP contribution in [0.3, 0.4) is 0 Å². The number of anilines is 1. The quantitative estimate of drug-likeness (QED) is 0.838. The Morgan fingerprint density at radius 3 is 2.44 bits per heavy atom. The van der Waals surface area contributed by atoms with Crippen molar-refractivity contribution in [2.24, 2.45) is 0 Å². The summed E-state index contributed by atoms with van der Waals surface area (Å²) in [5.74, 6) is 0.946. The SMILES string of the molecule is O=C(NC1CCCCC1)NC1CCN(c2ncnc3cc(Cl)ccc23)CC1. The Labute approximate surface area is 164 Å². The molecule has 1 aliphatic heterocycles. The van der Waals surface area contributed by atoms with E-state index in [-0.39, 0.29) is 12.1 Å². The molecule has 2 N–H and O–H groups in total. The van der Waals surface area contributed by atoms with Crippen LogP contribution in [0.4, 0.5) is 10.6 Å². The van der Waals surface area contributed by atoms with Gasteiger partial charge in [0.2, 0.25) is 0 Å². The minimum absolute atomic E-state index is 0.0116. The van der Waals surface area contributed by atoms with Crippen LogP contribution in [0.1, 0.15) is 44.9 Å². The lowest BCUT2D eigenvalue weighted by Crippen LogP contribution is -2.50. The molecular formula is C20H26ClN5O. The van der Waals surface area contributed by atoms with Gasteiger partial charge in [-0.1, -0.05) is 30.9 Å². The van der Waals surface area contributed by atoms with Gasteiger partial charge in [-0.2, -0.15) is 0 Å². The number of halogens is 1. The molecule has 1 aromatic heterocycles. The molecule has 2 heterocycles. The molecular weight excluding hydrogens is 362 g/mol. The highest BCUT2D eigenvalue weighted by Crippen LogP contribution is 2.27. The summed E-state index contributed by atoms with van der Waals surface area (Å²) in [5.41, 5.74) is 0.861. The fourth-order valence-corrected chi connectivity index (χ4v) is 4.33. The van der Waals surface area contributed by atoms with Gasteiger partial charge in [-0.15, -0.1) is 0 Å². The first-order chi connectivity index (χ1) is 13.2. The number of nitrogens with one attached hydrogen (secondary N) is 2. The summed E-state index contributed by atoms with van der Waals surface area (Å²) < 4.78 is 0. The van der Waals surface area contributed by atoms with Crippen LogP contribution in [0, 0.1) is 0 Å². The second-order valence-corrected chi connectivity index (χ2v) is 8.01. The Morgan fingerprint density at radius 1 is 1.00 bits per heavy atom. The van der Waals surface area contributed by atoms with E-state index in [0.717, 1.165) is 55.5 Å². The third-order valence-electron chi connectivity index (χ3n) is 5.65. The maximum atomic E-state index is 12.3. The number of rotatable bonds is 3. The van der Waals surface area contributed by atoms with Gasteiger partial charge in [0.05, 0.1) is 5.52 Å². The van der Waals surface area contributed by atoms with Gasteiger partial charge in [-0.05, 0) is 43.9 Å². The van der Waals surface area contributed by atoms with Crippen molar-refractivity contribution >= 4 is 34.4 Å². The number of amides is 2. The maximum Gasteiger partial charge on any atom is 0.315 e. The van der Waals surface area contributed by atoms with E-state index in [1.807, 2.05) is 18.2 Å². The van der Waals surface area contributed by atoms with Crippen molar-refractivity contribution in [3.05, 3.63) is 29.5 Å². The van der Waals surface area contributed by atoms with Crippen LogP contribution < -0.4 is 15.5 Å². The highest BCUT2D eigenvalue weighted by atomic mass is 35.5. The average Bonchev–Trinajstić information content (AvgIpc) is 2.68. The lowest BCUT2D eigenvalue weighted by atomic mass is 9.96. The van der Waals surface area contributed by atoms with Crippen LogP contribution in [0.25, 0.3) is 10.9 Å². The largest absolute Gasteiger partial charge is 0.356 e. The molecule has 0 bridgehead atoms. The molecule has 27 heavy (non-hydrogen) atoms. The monoisotopic (exact) mass is 387 g/mol. The van der Waals surface area contributed by atoms with E-state index in [1.54, 1.807) is 6.33 Å². The van der Waals surface area contributed by atoms with Gasteiger partial charge >= 0.3 is 6.03 Å². The van der Waals surface area contributed by atoms with E-state index < -0.39 is 0 Å². The van der Waals surface area contributed by atoms with Gasteiger partial charge in [0, 0.05) is 35.6 Å². The maximum absolute atomic E-state index is 12.3. The van der Waals surface area contributed by atoms with Gasteiger partial charge in [0.15, 0.2) is 0 Å². The number of benzene rings is 1. The fourth-order valence-electron chi connectivity index (χ4n) is 4.16. The summed E-state index contributed by atoms with van der Waals surface area (Å²) in [6.45, 7) is 1.73. The fraction of sp³-hybridized carbons (Fsp3) is 0.550. The summed E-state index contributed by atoms with van der Waals surface area (Å²) in [5, 5.41) is 7.99. The minimum Gasteiger partial charge on any atom is -0.356 e. The normalized spacial score (nSPS) is 19.2. The second kappa shape index (κ2) is 8.30. The van der Waals surface area contributed by atoms with Crippen molar-refractivity contribution in [2.45, 2.75) is 57.0 Å². The van der Waals surface area contributed by atoms with E-state index in [9.17, 15) is 4.79 Å². The Bertz CT molecular complexity index is 800. The smallest absolute Gasteiger partial charge is 0.315 e. The molecule has 0 atom stereocenters. The van der Waals surface area contributed by atoms with Crippen molar-refractivity contribution in [3.63, 3.8) is 0 Å². The molecule has 4 rings (SSSR count). The van der Waals surface area contributed by atoms with E-state index in [0.29, 0.717) is 11.1 Å². The van der Waals surface area contributed by atoms with Crippen LogP contribution in [0.2, 0.25) is 5.02 Å². The van der Waals surface area contributed by atoms with Crippen molar-refractivity contribution in [2.75, 3.05) is 18.0 Å². The Morgan fingerprint density at radius 2 is 1.70 bits per heavy atom.